The van der Waals surface area contributed by atoms with Gasteiger partial charge in [0.15, 0.2) is 0 Å². The second-order valence-electron chi connectivity index (χ2n) is 11.1. The summed E-state index contributed by atoms with van der Waals surface area (Å²) in [5.41, 5.74) is 4.31. The highest BCUT2D eigenvalue weighted by atomic mass is 16.6. The number of ether oxygens (including phenoxy) is 3. The summed E-state index contributed by atoms with van der Waals surface area (Å²) in [7, 11) is 0. The Bertz CT molecular complexity index is 1240. The van der Waals surface area contributed by atoms with E-state index in [1.807, 2.05) is 72.8 Å². The summed E-state index contributed by atoms with van der Waals surface area (Å²) in [6.07, 6.45) is 0. The van der Waals surface area contributed by atoms with Gasteiger partial charge in [-0.25, -0.2) is 0 Å². The molecule has 1 fully saturated rings. The molecule has 4 aromatic carbocycles. The Morgan fingerprint density at radius 1 is 0.512 bits per heavy atom. The number of phenolic OH excluding ortho intramolecular Hbond substituents is 2. The third-order valence-electron chi connectivity index (χ3n) is 7.25. The molecule has 0 atom stereocenters. The number of hydrogen-bond acceptors (Lipinski definition) is 7. The Morgan fingerprint density at radius 2 is 0.767 bits per heavy atom. The van der Waals surface area contributed by atoms with Crippen LogP contribution in [-0.2, 0) is 15.6 Å². The molecular weight excluding hydrogens is 544 g/mol. The molecule has 1 aliphatic heterocycles. The van der Waals surface area contributed by atoms with Crippen LogP contribution in [0.3, 0.4) is 0 Å². The zero-order valence-electron chi connectivity index (χ0n) is 25.5. The van der Waals surface area contributed by atoms with Gasteiger partial charge in [-0.05, 0) is 70.8 Å². The molecule has 0 amide bonds. The number of rotatable bonds is 10. The van der Waals surface area contributed by atoms with E-state index in [2.05, 4.69) is 32.4 Å². The van der Waals surface area contributed by atoms with Crippen LogP contribution in [0.5, 0.6) is 23.0 Å². The first kappa shape index (κ1) is 33.5. The monoisotopic (exact) mass is 588 g/mol. The summed E-state index contributed by atoms with van der Waals surface area (Å²) < 4.78 is 15.3. The Hall–Kier alpha value is -4.04. The van der Waals surface area contributed by atoms with Gasteiger partial charge in [-0.2, -0.15) is 0 Å². The average molecular weight is 589 g/mol. The van der Waals surface area contributed by atoms with Crippen LogP contribution in [0, 0.1) is 0 Å². The first-order valence-electron chi connectivity index (χ1n) is 14.4. The molecule has 0 saturated carbocycles. The number of phenols is 2. The van der Waals surface area contributed by atoms with Crippen LogP contribution >= 0.6 is 0 Å². The van der Waals surface area contributed by atoms with Crippen LogP contribution in [0.4, 0.5) is 0 Å². The van der Waals surface area contributed by atoms with Crippen molar-refractivity contribution in [3.63, 3.8) is 0 Å². The van der Waals surface area contributed by atoms with Gasteiger partial charge >= 0.3 is 0 Å². The average Bonchev–Trinajstić information content (AvgIpc) is 3.90. The van der Waals surface area contributed by atoms with Gasteiger partial charge in [-0.1, -0.05) is 76.2 Å². The van der Waals surface area contributed by atoms with Crippen LogP contribution < -0.4 is 9.47 Å². The molecule has 1 saturated heterocycles. The van der Waals surface area contributed by atoms with E-state index < -0.39 is 0 Å². The van der Waals surface area contributed by atoms with Crippen LogP contribution in [0.25, 0.3) is 0 Å². The Morgan fingerprint density at radius 3 is 1.00 bits per heavy atom. The summed E-state index contributed by atoms with van der Waals surface area (Å²) in [4.78, 5) is 0. The fourth-order valence-electron chi connectivity index (χ4n) is 4.35. The quantitative estimate of drug-likeness (QED) is 0.163. The highest BCUT2D eigenvalue weighted by Crippen LogP contribution is 2.34. The minimum atomic E-state index is -0.151. The number of benzene rings is 4. The third-order valence-corrected chi connectivity index (χ3v) is 7.25. The Kier molecular flexibility index (Phi) is 12.4. The van der Waals surface area contributed by atoms with Crippen molar-refractivity contribution in [3.8, 4) is 23.0 Å². The summed E-state index contributed by atoms with van der Waals surface area (Å²) in [5, 5.41) is 36.2. The van der Waals surface area contributed by atoms with E-state index in [1.54, 1.807) is 24.3 Å². The van der Waals surface area contributed by atoms with Crippen molar-refractivity contribution in [1.82, 2.24) is 0 Å². The van der Waals surface area contributed by atoms with Gasteiger partial charge in [-0.3, -0.25) is 0 Å². The van der Waals surface area contributed by atoms with E-state index in [9.17, 15) is 10.2 Å². The Balaban J connectivity index is 0.000000221. The minimum absolute atomic E-state index is 0.0119. The second-order valence-corrected chi connectivity index (χ2v) is 11.1. The number of epoxide rings is 1. The summed E-state index contributed by atoms with van der Waals surface area (Å²) >= 11 is 0. The van der Waals surface area contributed by atoms with Crippen molar-refractivity contribution >= 4 is 0 Å². The van der Waals surface area contributed by atoms with Crippen LogP contribution in [0.15, 0.2) is 97.1 Å². The predicted octanol–water partition coefficient (Wildman–Crippen LogP) is 6.20. The van der Waals surface area contributed by atoms with Crippen molar-refractivity contribution in [2.75, 3.05) is 39.6 Å². The van der Waals surface area contributed by atoms with E-state index in [1.165, 1.54) is 11.1 Å². The van der Waals surface area contributed by atoms with Crippen LogP contribution in [0.1, 0.15) is 49.9 Å². The molecule has 5 rings (SSSR count). The first-order valence-corrected chi connectivity index (χ1v) is 14.4. The maximum absolute atomic E-state index is 9.30. The number of aromatic hydroxyl groups is 2. The Labute approximate surface area is 255 Å². The van der Waals surface area contributed by atoms with Gasteiger partial charge in [0.25, 0.3) is 0 Å². The van der Waals surface area contributed by atoms with Gasteiger partial charge < -0.3 is 34.6 Å². The third kappa shape index (κ3) is 10.3. The summed E-state index contributed by atoms with van der Waals surface area (Å²) in [6.45, 7) is 11.2. The molecule has 7 heteroatoms. The van der Waals surface area contributed by atoms with Crippen molar-refractivity contribution in [3.05, 3.63) is 119 Å². The minimum Gasteiger partial charge on any atom is -0.508 e. The highest BCUT2D eigenvalue weighted by molar-refractivity contribution is 5.43. The molecular formula is C36H44O7. The molecule has 1 heterocycles. The van der Waals surface area contributed by atoms with Crippen LogP contribution in [0.2, 0.25) is 0 Å². The van der Waals surface area contributed by atoms with E-state index in [-0.39, 0.29) is 35.5 Å². The van der Waals surface area contributed by atoms with E-state index in [4.69, 9.17) is 19.7 Å². The van der Waals surface area contributed by atoms with Gasteiger partial charge in [-0.15, -0.1) is 0 Å². The molecule has 4 N–H and O–H groups in total. The molecule has 1 aliphatic rings. The molecule has 0 radical (unpaired) electrons. The van der Waals surface area contributed by atoms with Gasteiger partial charge in [0.2, 0.25) is 0 Å². The SMILES string of the molecule is C1CO1.CC(C)(c1ccc(O)cc1)c1ccc(O)cc1.CC(C)(c1ccc(OCCO)cc1)c1ccc(OCCO)cc1. The molecule has 0 aromatic heterocycles. The van der Waals surface area contributed by atoms with Gasteiger partial charge in [0.05, 0.1) is 26.4 Å². The predicted molar refractivity (Wildman–Crippen MR) is 169 cm³/mol. The smallest absolute Gasteiger partial charge is 0.119 e. The molecule has 7 nitrogen and oxygen atoms in total. The van der Waals surface area contributed by atoms with Gasteiger partial charge in [0, 0.05) is 10.8 Å². The number of aliphatic hydroxyl groups is 2. The van der Waals surface area contributed by atoms with Gasteiger partial charge in [0.1, 0.15) is 36.2 Å². The van der Waals surface area contributed by atoms with Crippen molar-refractivity contribution < 1.29 is 34.6 Å². The van der Waals surface area contributed by atoms with E-state index in [0.717, 1.165) is 35.8 Å². The molecule has 43 heavy (non-hydrogen) atoms. The van der Waals surface area contributed by atoms with Crippen molar-refractivity contribution in [1.29, 1.82) is 0 Å². The lowest BCUT2D eigenvalue weighted by atomic mass is 9.78. The molecule has 0 aliphatic carbocycles. The molecule has 230 valence electrons. The lowest BCUT2D eigenvalue weighted by Crippen LogP contribution is -2.18. The first-order chi connectivity index (χ1) is 20.6. The molecule has 0 bridgehead atoms. The van der Waals surface area contributed by atoms with Crippen molar-refractivity contribution in [2.45, 2.75) is 38.5 Å². The maximum Gasteiger partial charge on any atom is 0.119 e. The lowest BCUT2D eigenvalue weighted by Gasteiger charge is -2.26. The molecule has 4 aromatic rings. The number of hydrogen-bond donors (Lipinski definition) is 4. The lowest BCUT2D eigenvalue weighted by molar-refractivity contribution is 0.201. The highest BCUT2D eigenvalue weighted by Gasteiger charge is 2.24. The molecule has 0 spiro atoms. The fourth-order valence-corrected chi connectivity index (χ4v) is 4.35. The zero-order valence-corrected chi connectivity index (χ0v) is 25.5. The second kappa shape index (κ2) is 16.0. The zero-order chi connectivity index (χ0) is 31.3. The standard InChI is InChI=1S/C19H24O4.C15H16O2.C2H4O/c1-19(2,15-3-7-17(8-4-15)22-13-11-20)16-5-9-18(10-6-16)23-14-12-21;1-15(2,11-3-7-13(16)8-4-11)12-5-9-14(17)10-6-12;1-2-3-1/h3-10,20-21H,11-14H2,1-2H3;3-10,16-17H,1-2H3;1-2H2. The topological polar surface area (TPSA) is 112 Å². The van der Waals surface area contributed by atoms with Crippen molar-refractivity contribution in [2.24, 2.45) is 0 Å². The van der Waals surface area contributed by atoms with E-state index in [0.29, 0.717) is 13.2 Å². The largest absolute Gasteiger partial charge is 0.508 e. The maximum atomic E-state index is 9.30. The fraction of sp³-hybridized carbons (Fsp3) is 0.333. The normalized spacial score (nSPS) is 12.2. The molecule has 0 unspecified atom stereocenters. The van der Waals surface area contributed by atoms with E-state index >= 15 is 0 Å². The summed E-state index contributed by atoms with van der Waals surface area (Å²) in [6, 6.07) is 30.3. The number of aliphatic hydroxyl groups excluding tert-OH is 2. The summed E-state index contributed by atoms with van der Waals surface area (Å²) in [5.74, 6) is 2.06. The van der Waals surface area contributed by atoms with Crippen LogP contribution in [-0.4, -0.2) is 60.1 Å².